The quantitative estimate of drug-likeness (QED) is 0.0518. The number of carbonyl (C=O) groups is 3. The fourth-order valence-electron chi connectivity index (χ4n) is 7.48. The molecule has 0 radical (unpaired) electrons. The first kappa shape index (κ1) is 38.5. The average Bonchev–Trinajstić information content (AvgIpc) is 3.71. The highest BCUT2D eigenvalue weighted by molar-refractivity contribution is 5.92. The number of carbonyl (C=O) groups excluding carboxylic acids is 3. The molecule has 57 heavy (non-hydrogen) atoms. The molecular weight excluding hydrogens is 725 g/mol. The zero-order valence-corrected chi connectivity index (χ0v) is 32.0. The lowest BCUT2D eigenvalue weighted by Gasteiger charge is -2.25. The molecule has 0 aliphatic carbocycles. The van der Waals surface area contributed by atoms with E-state index < -0.39 is 0 Å². The number of hydrogen-bond donors (Lipinski definition) is 6. The monoisotopic (exact) mass is 770 g/mol. The van der Waals surface area contributed by atoms with Crippen molar-refractivity contribution in [2.75, 3.05) is 60.0 Å². The summed E-state index contributed by atoms with van der Waals surface area (Å²) in [7, 11) is 5.71. The third-order valence-electron chi connectivity index (χ3n) is 10.5. The van der Waals surface area contributed by atoms with Gasteiger partial charge in [0.15, 0.2) is 35.6 Å². The van der Waals surface area contributed by atoms with E-state index in [0.29, 0.717) is 52.9 Å². The van der Waals surface area contributed by atoms with E-state index in [1.54, 1.807) is 31.3 Å². The van der Waals surface area contributed by atoms with Crippen LogP contribution in [0.5, 0.6) is 23.0 Å². The summed E-state index contributed by atoms with van der Waals surface area (Å²) < 4.78 is 12.2. The maximum atomic E-state index is 12.6. The van der Waals surface area contributed by atoms with Gasteiger partial charge < -0.3 is 50.8 Å². The van der Waals surface area contributed by atoms with E-state index >= 15 is 0 Å². The van der Waals surface area contributed by atoms with Crippen LogP contribution in [0.4, 0.5) is 28.4 Å². The first-order valence-corrected chi connectivity index (χ1v) is 18.7. The minimum absolute atomic E-state index is 0.00148. The van der Waals surface area contributed by atoms with Gasteiger partial charge >= 0.3 is 0 Å². The Morgan fingerprint density at radius 3 is 1.89 bits per heavy atom. The van der Waals surface area contributed by atoms with Crippen molar-refractivity contribution in [3.05, 3.63) is 124 Å². The van der Waals surface area contributed by atoms with Gasteiger partial charge in [-0.15, -0.1) is 0 Å². The Bertz CT molecular complexity index is 2300. The van der Waals surface area contributed by atoms with Gasteiger partial charge in [0.05, 0.1) is 18.3 Å². The molecule has 0 spiro atoms. The smallest absolute Gasteiger partial charge is 0.238 e. The van der Waals surface area contributed by atoms with Gasteiger partial charge in [-0.1, -0.05) is 36.4 Å². The van der Waals surface area contributed by atoms with Crippen molar-refractivity contribution >= 4 is 46.9 Å². The van der Waals surface area contributed by atoms with Crippen molar-refractivity contribution in [1.29, 1.82) is 0 Å². The van der Waals surface area contributed by atoms with Crippen LogP contribution in [0, 0.1) is 0 Å². The molecule has 0 fully saturated rings. The van der Waals surface area contributed by atoms with Gasteiger partial charge in [-0.3, -0.25) is 14.4 Å². The van der Waals surface area contributed by atoms with Gasteiger partial charge in [-0.2, -0.15) is 0 Å². The number of nitrogens with zero attached hydrogens (tertiary/aromatic N) is 2. The van der Waals surface area contributed by atoms with E-state index in [2.05, 4.69) is 62.4 Å². The summed E-state index contributed by atoms with van der Waals surface area (Å²) in [4.78, 5) is 40.9. The average molecular weight is 771 g/mol. The van der Waals surface area contributed by atoms with E-state index in [4.69, 9.17) is 9.47 Å². The molecule has 0 aromatic heterocycles. The van der Waals surface area contributed by atoms with Gasteiger partial charge in [0.1, 0.15) is 19.4 Å². The molecule has 0 saturated heterocycles. The van der Waals surface area contributed by atoms with Crippen molar-refractivity contribution in [3.8, 4) is 23.0 Å². The second kappa shape index (κ2) is 17.0. The Morgan fingerprint density at radius 1 is 0.754 bits per heavy atom. The number of phenolic OH excluding ortho intramolecular Hbond substituents is 2. The number of aromatic hydroxyl groups is 2. The van der Waals surface area contributed by atoms with Crippen molar-refractivity contribution < 1.29 is 34.1 Å². The zero-order chi connectivity index (χ0) is 40.1. The summed E-state index contributed by atoms with van der Waals surface area (Å²) in [6.07, 6.45) is 2.85. The summed E-state index contributed by atoms with van der Waals surface area (Å²) in [5.41, 5.74) is 8.16. The number of benzene rings is 5. The van der Waals surface area contributed by atoms with Crippen molar-refractivity contribution in [2.45, 2.75) is 38.3 Å². The first-order chi connectivity index (χ1) is 27.6. The Balaban J connectivity index is 1.07. The molecule has 0 bridgehead atoms. The predicted molar refractivity (Wildman–Crippen MR) is 221 cm³/mol. The number of aldehydes is 2. The minimum Gasteiger partial charge on any atom is -0.504 e. The Kier molecular flexibility index (Phi) is 11.5. The number of para-hydroxylation sites is 2. The van der Waals surface area contributed by atoms with Crippen LogP contribution in [-0.2, 0) is 30.8 Å². The lowest BCUT2D eigenvalue weighted by molar-refractivity contribution is -0.115. The first-order valence-electron chi connectivity index (χ1n) is 18.7. The highest BCUT2D eigenvalue weighted by Gasteiger charge is 2.28. The summed E-state index contributed by atoms with van der Waals surface area (Å²) in [5, 5.41) is 34.2. The molecule has 1 amide bonds. The number of nitrogens with one attached hydrogen (secondary N) is 4. The zero-order valence-electron chi connectivity index (χ0n) is 32.0. The molecule has 0 saturated carbocycles. The number of anilines is 5. The number of likely N-dealkylation sites (N-methyl/N-ethyl adjacent to an activating group) is 3. The Morgan fingerprint density at radius 2 is 1.32 bits per heavy atom. The lowest BCUT2D eigenvalue weighted by atomic mass is 10.1. The van der Waals surface area contributed by atoms with Crippen LogP contribution < -0.4 is 40.5 Å². The standard InChI is InChI=1S/C44H46N6O7/c1-45-22-44(55)47-33-13-27(25-56-41-19-35(31(23-51)16-39(41)53)46-21-34-15-29-8-4-6-10-37(29)49(34)2)12-28(14-33)26-57-42-20-36(32(24-52)17-40(42)54)48-43-18-30-9-5-7-11-38(30)50(43)3/h4-14,16-17,19-20,23-24,34,43,45-46,48,53-54H,15,18,21-22,25-26H2,1-3H3,(H,47,55)/t34?,43-/m0/s1. The number of amides is 1. The van der Waals surface area contributed by atoms with Gasteiger partial charge in [-0.05, 0) is 78.2 Å². The lowest BCUT2D eigenvalue weighted by Crippen LogP contribution is -2.35. The Labute approximate surface area is 331 Å². The van der Waals surface area contributed by atoms with Gasteiger partial charge in [0, 0.05) is 73.1 Å². The van der Waals surface area contributed by atoms with Crippen LogP contribution in [0.2, 0.25) is 0 Å². The molecule has 7 rings (SSSR count). The van der Waals surface area contributed by atoms with E-state index in [0.717, 1.165) is 18.5 Å². The molecule has 2 aliphatic rings. The topological polar surface area (TPSA) is 165 Å². The van der Waals surface area contributed by atoms with Crippen LogP contribution in [0.25, 0.3) is 0 Å². The van der Waals surface area contributed by atoms with Crippen molar-refractivity contribution in [2.24, 2.45) is 0 Å². The molecular formula is C44H46N6O7. The van der Waals surface area contributed by atoms with Crippen LogP contribution in [0.15, 0.2) is 91.0 Å². The summed E-state index contributed by atoms with van der Waals surface area (Å²) in [5.74, 6) is -0.314. The van der Waals surface area contributed by atoms with Gasteiger partial charge in [0.25, 0.3) is 0 Å². The molecule has 1 unspecified atom stereocenters. The number of ether oxygens (including phenoxy) is 2. The predicted octanol–water partition coefficient (Wildman–Crippen LogP) is 5.94. The van der Waals surface area contributed by atoms with E-state index in [1.165, 1.54) is 28.9 Å². The number of fused-ring (bicyclic) bond motifs is 2. The number of phenols is 2. The SMILES string of the molecule is CNCC(=O)Nc1cc(COc2cc(NCC3Cc4ccccc4N3C)c(C=O)cc2O)cc(COc2cc(N[C@@H]3Cc4ccccc4N3C)c(C=O)cc2O)c1. The third-order valence-corrected chi connectivity index (χ3v) is 10.5. The fourth-order valence-corrected chi connectivity index (χ4v) is 7.48. The van der Waals surface area contributed by atoms with Crippen molar-refractivity contribution in [1.82, 2.24) is 5.32 Å². The van der Waals surface area contributed by atoms with E-state index in [9.17, 15) is 24.6 Å². The largest absolute Gasteiger partial charge is 0.504 e. The summed E-state index contributed by atoms with van der Waals surface area (Å²) in [6.45, 7) is 0.653. The Hall–Kier alpha value is -6.73. The molecule has 294 valence electrons. The highest BCUT2D eigenvalue weighted by atomic mass is 16.5. The summed E-state index contributed by atoms with van der Waals surface area (Å²) in [6, 6.07) is 27.9. The van der Waals surface area contributed by atoms with Crippen LogP contribution >= 0.6 is 0 Å². The van der Waals surface area contributed by atoms with E-state index in [-0.39, 0.29) is 66.4 Å². The highest BCUT2D eigenvalue weighted by Crippen LogP contribution is 2.37. The minimum atomic E-state index is -0.256. The molecule has 2 heterocycles. The normalized spacial score (nSPS) is 15.4. The number of hydrogen-bond acceptors (Lipinski definition) is 12. The second-order valence-electron chi connectivity index (χ2n) is 14.3. The molecule has 5 aromatic rings. The third kappa shape index (κ3) is 8.58. The molecule has 2 atom stereocenters. The van der Waals surface area contributed by atoms with Crippen LogP contribution in [-0.4, -0.2) is 75.1 Å². The van der Waals surface area contributed by atoms with Gasteiger partial charge in [-0.25, -0.2) is 0 Å². The molecule has 13 heteroatoms. The van der Waals surface area contributed by atoms with E-state index in [1.807, 2.05) is 37.4 Å². The van der Waals surface area contributed by atoms with Crippen LogP contribution in [0.1, 0.15) is 43.0 Å². The molecule has 6 N–H and O–H groups in total. The maximum absolute atomic E-state index is 12.6. The molecule has 13 nitrogen and oxygen atoms in total. The van der Waals surface area contributed by atoms with Crippen LogP contribution in [0.3, 0.4) is 0 Å². The molecule has 5 aromatic carbocycles. The van der Waals surface area contributed by atoms with Gasteiger partial charge in [0.2, 0.25) is 5.91 Å². The second-order valence-corrected chi connectivity index (χ2v) is 14.3. The molecule has 2 aliphatic heterocycles. The maximum Gasteiger partial charge on any atom is 0.238 e. The summed E-state index contributed by atoms with van der Waals surface area (Å²) >= 11 is 0. The van der Waals surface area contributed by atoms with Crippen molar-refractivity contribution in [3.63, 3.8) is 0 Å². The number of rotatable bonds is 16. The fraction of sp³-hybridized carbons (Fsp3) is 0.250.